The molecule has 0 bridgehead atoms. The lowest BCUT2D eigenvalue weighted by Crippen LogP contribution is -2.30. The van der Waals surface area contributed by atoms with Gasteiger partial charge in [-0.1, -0.05) is 84.4 Å². The molecule has 0 unspecified atom stereocenters. The van der Waals surface area contributed by atoms with Gasteiger partial charge in [0.1, 0.15) is 0 Å². The van der Waals surface area contributed by atoms with Crippen LogP contribution in [0.5, 0.6) is 0 Å². The lowest BCUT2D eigenvalue weighted by atomic mass is 9.99. The van der Waals surface area contributed by atoms with Crippen molar-refractivity contribution in [2.24, 2.45) is 0 Å². The fourth-order valence-corrected chi connectivity index (χ4v) is 4.38. The van der Waals surface area contributed by atoms with Crippen LogP contribution in [0.25, 0.3) is 0 Å². The van der Waals surface area contributed by atoms with Crippen LogP contribution in [0.3, 0.4) is 0 Å². The molecule has 0 aliphatic carbocycles. The van der Waals surface area contributed by atoms with Crippen LogP contribution in [0.1, 0.15) is 33.9 Å². The van der Waals surface area contributed by atoms with Gasteiger partial charge in [0.2, 0.25) is 10.0 Å². The molecule has 0 aliphatic heterocycles. The van der Waals surface area contributed by atoms with Crippen LogP contribution < -0.4 is 4.72 Å². The molecule has 26 heavy (non-hydrogen) atoms. The second-order valence-corrected chi connectivity index (χ2v) is 8.31. The third-order valence-corrected chi connectivity index (χ3v) is 5.73. The van der Waals surface area contributed by atoms with Crippen molar-refractivity contribution in [2.45, 2.75) is 25.6 Å². The van der Waals surface area contributed by atoms with Gasteiger partial charge >= 0.3 is 0 Å². The highest BCUT2D eigenvalue weighted by Crippen LogP contribution is 2.24. The number of benzene rings is 3. The lowest BCUT2D eigenvalue weighted by Gasteiger charge is -2.20. The van der Waals surface area contributed by atoms with E-state index >= 15 is 0 Å². The standard InChI is InChI=1S/C22H23NO2S/c1-17-12-14-20(15-13-17)22(19-9-4-3-5-10-19)23-26(24,25)16-21-11-7-6-8-18(21)2/h3-15,22-23H,16H2,1-2H3/t22-/m1/s1. The second-order valence-electron chi connectivity index (χ2n) is 6.56. The summed E-state index contributed by atoms with van der Waals surface area (Å²) in [6.07, 6.45) is 0. The molecule has 3 nitrogen and oxygen atoms in total. The summed E-state index contributed by atoms with van der Waals surface area (Å²) >= 11 is 0. The molecule has 0 fully saturated rings. The largest absolute Gasteiger partial charge is 0.216 e. The van der Waals surface area contributed by atoms with E-state index in [2.05, 4.69) is 4.72 Å². The first-order valence-electron chi connectivity index (χ1n) is 8.61. The van der Waals surface area contributed by atoms with Gasteiger partial charge in [0.05, 0.1) is 11.8 Å². The maximum absolute atomic E-state index is 12.9. The SMILES string of the molecule is Cc1ccc([C@H](NS(=O)(=O)Cc2ccccc2C)c2ccccc2)cc1. The van der Waals surface area contributed by atoms with Crippen molar-refractivity contribution in [3.63, 3.8) is 0 Å². The molecule has 3 aromatic carbocycles. The van der Waals surface area contributed by atoms with E-state index in [1.165, 1.54) is 0 Å². The molecule has 0 aromatic heterocycles. The van der Waals surface area contributed by atoms with Gasteiger partial charge in [0.25, 0.3) is 0 Å². The van der Waals surface area contributed by atoms with Gasteiger partial charge in [-0.05, 0) is 36.1 Å². The molecule has 0 aliphatic rings. The summed E-state index contributed by atoms with van der Waals surface area (Å²) in [4.78, 5) is 0. The Balaban J connectivity index is 1.92. The first-order chi connectivity index (χ1) is 12.4. The van der Waals surface area contributed by atoms with Crippen LogP contribution in [0.2, 0.25) is 0 Å². The predicted molar refractivity (Wildman–Crippen MR) is 106 cm³/mol. The summed E-state index contributed by atoms with van der Waals surface area (Å²) in [6, 6.07) is 24.8. The van der Waals surface area contributed by atoms with Gasteiger partial charge in [-0.25, -0.2) is 13.1 Å². The summed E-state index contributed by atoms with van der Waals surface area (Å²) in [5, 5.41) is 0. The highest BCUT2D eigenvalue weighted by atomic mass is 32.2. The van der Waals surface area contributed by atoms with E-state index in [0.29, 0.717) is 0 Å². The normalized spacial score (nSPS) is 12.7. The fourth-order valence-electron chi connectivity index (χ4n) is 2.93. The molecular formula is C22H23NO2S. The molecule has 0 saturated heterocycles. The first kappa shape index (κ1) is 18.4. The Kier molecular flexibility index (Phi) is 5.55. The molecule has 3 rings (SSSR count). The maximum Gasteiger partial charge on any atom is 0.216 e. The molecule has 0 amide bonds. The highest BCUT2D eigenvalue weighted by Gasteiger charge is 2.22. The van der Waals surface area contributed by atoms with E-state index in [1.807, 2.05) is 92.7 Å². The van der Waals surface area contributed by atoms with E-state index in [4.69, 9.17) is 0 Å². The Morgan fingerprint density at radius 1 is 0.769 bits per heavy atom. The Morgan fingerprint density at radius 2 is 1.35 bits per heavy atom. The Labute approximate surface area is 155 Å². The minimum atomic E-state index is -3.51. The molecule has 0 heterocycles. The zero-order valence-corrected chi connectivity index (χ0v) is 15.8. The number of sulfonamides is 1. The second kappa shape index (κ2) is 7.85. The third-order valence-electron chi connectivity index (χ3n) is 4.45. The van der Waals surface area contributed by atoms with Gasteiger partial charge in [-0.2, -0.15) is 0 Å². The lowest BCUT2D eigenvalue weighted by molar-refractivity contribution is 0.571. The van der Waals surface area contributed by atoms with Crippen LogP contribution in [0.15, 0.2) is 78.9 Å². The highest BCUT2D eigenvalue weighted by molar-refractivity contribution is 7.88. The third kappa shape index (κ3) is 4.59. The molecule has 0 saturated carbocycles. The molecule has 4 heteroatoms. The smallest absolute Gasteiger partial charge is 0.212 e. The average molecular weight is 365 g/mol. The zero-order valence-electron chi connectivity index (χ0n) is 15.0. The number of hydrogen-bond acceptors (Lipinski definition) is 2. The van der Waals surface area contributed by atoms with Gasteiger partial charge in [0, 0.05) is 0 Å². The van der Waals surface area contributed by atoms with Crippen LogP contribution in [0.4, 0.5) is 0 Å². The van der Waals surface area contributed by atoms with Crippen molar-refractivity contribution in [1.82, 2.24) is 4.72 Å². The molecular weight excluding hydrogens is 342 g/mol. The minimum absolute atomic E-state index is 0.0329. The van der Waals surface area contributed by atoms with E-state index in [-0.39, 0.29) is 5.75 Å². The Hall–Kier alpha value is -2.43. The summed E-state index contributed by atoms with van der Waals surface area (Å²) in [5.41, 5.74) is 4.78. The molecule has 1 N–H and O–H groups in total. The number of aryl methyl sites for hydroxylation is 2. The average Bonchev–Trinajstić information content (AvgIpc) is 2.63. The van der Waals surface area contributed by atoms with E-state index in [0.717, 1.165) is 27.8 Å². The summed E-state index contributed by atoms with van der Waals surface area (Å²) in [5.74, 6) is -0.0329. The quantitative estimate of drug-likeness (QED) is 0.698. The molecule has 0 spiro atoms. The molecule has 3 aromatic rings. The fraction of sp³-hybridized carbons (Fsp3) is 0.182. The van der Waals surface area contributed by atoms with Crippen LogP contribution in [-0.2, 0) is 15.8 Å². The topological polar surface area (TPSA) is 46.2 Å². The predicted octanol–water partition coefficient (Wildman–Crippen LogP) is 4.51. The minimum Gasteiger partial charge on any atom is -0.212 e. The van der Waals surface area contributed by atoms with Crippen molar-refractivity contribution < 1.29 is 8.42 Å². The number of hydrogen-bond donors (Lipinski definition) is 1. The van der Waals surface area contributed by atoms with Gasteiger partial charge in [-0.15, -0.1) is 0 Å². The first-order valence-corrected chi connectivity index (χ1v) is 10.3. The molecule has 0 radical (unpaired) electrons. The van der Waals surface area contributed by atoms with Crippen molar-refractivity contribution in [1.29, 1.82) is 0 Å². The summed E-state index contributed by atoms with van der Waals surface area (Å²) < 4.78 is 28.6. The van der Waals surface area contributed by atoms with Gasteiger partial charge in [0.15, 0.2) is 0 Å². The summed E-state index contributed by atoms with van der Waals surface area (Å²) in [7, 11) is -3.51. The van der Waals surface area contributed by atoms with Crippen LogP contribution >= 0.6 is 0 Å². The van der Waals surface area contributed by atoms with Crippen LogP contribution in [-0.4, -0.2) is 8.42 Å². The van der Waals surface area contributed by atoms with Gasteiger partial charge in [-0.3, -0.25) is 0 Å². The van der Waals surface area contributed by atoms with Crippen molar-refractivity contribution >= 4 is 10.0 Å². The van der Waals surface area contributed by atoms with Crippen LogP contribution in [0, 0.1) is 13.8 Å². The number of rotatable bonds is 6. The van der Waals surface area contributed by atoms with Crippen molar-refractivity contribution in [2.75, 3.05) is 0 Å². The van der Waals surface area contributed by atoms with E-state index in [9.17, 15) is 8.42 Å². The van der Waals surface area contributed by atoms with Crippen molar-refractivity contribution in [3.05, 3.63) is 107 Å². The maximum atomic E-state index is 12.9. The van der Waals surface area contributed by atoms with E-state index < -0.39 is 16.1 Å². The zero-order chi connectivity index (χ0) is 18.6. The number of nitrogens with one attached hydrogen (secondary N) is 1. The molecule has 134 valence electrons. The van der Waals surface area contributed by atoms with Gasteiger partial charge < -0.3 is 0 Å². The van der Waals surface area contributed by atoms with Crippen molar-refractivity contribution in [3.8, 4) is 0 Å². The Morgan fingerprint density at radius 3 is 2.00 bits per heavy atom. The molecule has 1 atom stereocenters. The summed E-state index contributed by atoms with van der Waals surface area (Å²) in [6.45, 7) is 3.95. The van der Waals surface area contributed by atoms with E-state index in [1.54, 1.807) is 0 Å². The monoisotopic (exact) mass is 365 g/mol. The Bertz CT molecular complexity index is 965.